The zero-order chi connectivity index (χ0) is 18.7. The van der Waals surface area contributed by atoms with Crippen molar-refractivity contribution in [1.29, 1.82) is 0 Å². The molecule has 140 valence electrons. The summed E-state index contributed by atoms with van der Waals surface area (Å²) in [6, 6.07) is 0. The van der Waals surface area contributed by atoms with Crippen LogP contribution in [0.1, 0.15) is 60.8 Å². The Morgan fingerprint density at radius 2 is 1.92 bits per heavy atom. The highest BCUT2D eigenvalue weighted by molar-refractivity contribution is 6.74. The lowest BCUT2D eigenvalue weighted by Gasteiger charge is -2.43. The molecule has 0 aromatic heterocycles. The number of carbonyl (C=O) groups excluding carboxylic acids is 1. The van der Waals surface area contributed by atoms with E-state index in [1.807, 2.05) is 6.08 Å². The fourth-order valence-corrected chi connectivity index (χ4v) is 4.71. The number of carbonyl (C=O) groups is 1. The first-order chi connectivity index (χ1) is 10.9. The summed E-state index contributed by atoms with van der Waals surface area (Å²) >= 11 is 0. The van der Waals surface area contributed by atoms with Gasteiger partial charge in [-0.15, -0.1) is 6.58 Å². The van der Waals surface area contributed by atoms with E-state index in [2.05, 4.69) is 61.2 Å². The van der Waals surface area contributed by atoms with Gasteiger partial charge in [0.2, 0.25) is 0 Å². The normalized spacial score (nSPS) is 27.4. The fraction of sp³-hybridized carbons (Fsp3) is 0.857. The van der Waals surface area contributed by atoms with E-state index in [9.17, 15) is 4.79 Å². The van der Waals surface area contributed by atoms with Crippen LogP contribution >= 0.6 is 0 Å². The molecule has 0 aromatic carbocycles. The molecule has 1 fully saturated rings. The molecule has 0 unspecified atom stereocenters. The molecule has 0 aliphatic heterocycles. The zero-order valence-corrected chi connectivity index (χ0v) is 18.3. The minimum absolute atomic E-state index is 0.199. The Bertz CT molecular complexity index is 434. The molecule has 0 amide bonds. The molecule has 0 aromatic rings. The number of ketones is 1. The molecule has 0 bridgehead atoms. The molecule has 0 radical (unpaired) electrons. The first-order valence-corrected chi connectivity index (χ1v) is 12.6. The van der Waals surface area contributed by atoms with E-state index in [4.69, 9.17) is 4.43 Å². The van der Waals surface area contributed by atoms with Crippen LogP contribution < -0.4 is 0 Å². The molecule has 24 heavy (non-hydrogen) atoms. The van der Waals surface area contributed by atoms with Crippen molar-refractivity contribution in [2.45, 2.75) is 78.9 Å². The molecule has 0 spiro atoms. The highest BCUT2D eigenvalue weighted by Crippen LogP contribution is 2.43. The summed E-state index contributed by atoms with van der Waals surface area (Å²) in [5.41, 5.74) is 0. The molecule has 0 saturated heterocycles. The summed E-state index contributed by atoms with van der Waals surface area (Å²) in [5, 5.41) is 0.241. The third-order valence-corrected chi connectivity index (χ3v) is 11.1. The van der Waals surface area contributed by atoms with Crippen molar-refractivity contribution in [3.05, 3.63) is 12.7 Å². The van der Waals surface area contributed by atoms with Gasteiger partial charge in [-0.25, -0.2) is 0 Å². The largest absolute Gasteiger partial charge is 0.417 e. The van der Waals surface area contributed by atoms with Crippen LogP contribution in [-0.2, 0) is 9.22 Å². The third kappa shape index (κ3) is 5.29. The van der Waals surface area contributed by atoms with Crippen LogP contribution in [0.3, 0.4) is 0 Å². The predicted octanol–water partition coefficient (Wildman–Crippen LogP) is 6.09. The third-order valence-electron chi connectivity index (χ3n) is 6.56. The second-order valence-corrected chi connectivity index (χ2v) is 14.5. The Morgan fingerprint density at radius 1 is 1.33 bits per heavy atom. The highest BCUT2D eigenvalue weighted by Gasteiger charge is 2.41. The van der Waals surface area contributed by atoms with Gasteiger partial charge < -0.3 is 4.43 Å². The summed E-state index contributed by atoms with van der Waals surface area (Å²) in [4.78, 5) is 12.2. The van der Waals surface area contributed by atoms with Gasteiger partial charge in [0, 0.05) is 18.9 Å². The summed E-state index contributed by atoms with van der Waals surface area (Å²) < 4.78 is 6.59. The van der Waals surface area contributed by atoms with E-state index in [-0.39, 0.29) is 11.0 Å². The molecular formula is C21H40O2Si. The van der Waals surface area contributed by atoms with Crippen LogP contribution in [0, 0.1) is 29.6 Å². The highest BCUT2D eigenvalue weighted by atomic mass is 28.4. The Labute approximate surface area is 151 Å². The molecule has 4 atom stereocenters. The van der Waals surface area contributed by atoms with Crippen molar-refractivity contribution in [3.8, 4) is 0 Å². The number of allylic oxidation sites excluding steroid dienone is 1. The summed E-state index contributed by atoms with van der Waals surface area (Å²) in [5.74, 6) is 2.75. The monoisotopic (exact) mass is 352 g/mol. The van der Waals surface area contributed by atoms with Crippen molar-refractivity contribution in [3.63, 3.8) is 0 Å². The number of hydrogen-bond acceptors (Lipinski definition) is 2. The van der Waals surface area contributed by atoms with E-state index >= 15 is 0 Å². The van der Waals surface area contributed by atoms with Crippen LogP contribution in [0.2, 0.25) is 18.1 Å². The predicted molar refractivity (Wildman–Crippen MR) is 107 cm³/mol. The van der Waals surface area contributed by atoms with Gasteiger partial charge in [0.25, 0.3) is 0 Å². The minimum Gasteiger partial charge on any atom is -0.417 e. The minimum atomic E-state index is -1.74. The molecule has 1 aliphatic rings. The smallest absolute Gasteiger partial charge is 0.191 e. The van der Waals surface area contributed by atoms with Crippen molar-refractivity contribution in [1.82, 2.24) is 0 Å². The van der Waals surface area contributed by atoms with E-state index in [1.165, 1.54) is 0 Å². The topological polar surface area (TPSA) is 26.3 Å². The van der Waals surface area contributed by atoms with Crippen molar-refractivity contribution in [2.24, 2.45) is 29.6 Å². The lowest BCUT2D eigenvalue weighted by atomic mass is 9.65. The van der Waals surface area contributed by atoms with Gasteiger partial charge in [0.1, 0.15) is 5.78 Å². The SMILES string of the molecule is C=CC[C@@H]1CC(=O)[C@@H](C)C[C@H]1[C@H](CO[Si](C)(C)C(C)(C)C)C(C)C. The summed E-state index contributed by atoms with van der Waals surface area (Å²) in [6.07, 6.45) is 4.68. The molecular weight excluding hydrogens is 312 g/mol. The van der Waals surface area contributed by atoms with E-state index in [1.54, 1.807) is 0 Å². The van der Waals surface area contributed by atoms with Crippen molar-refractivity contribution in [2.75, 3.05) is 6.61 Å². The molecule has 0 heterocycles. The van der Waals surface area contributed by atoms with Crippen LogP contribution in [-0.4, -0.2) is 20.7 Å². The maximum atomic E-state index is 12.2. The van der Waals surface area contributed by atoms with Gasteiger partial charge in [-0.3, -0.25) is 4.79 Å². The maximum Gasteiger partial charge on any atom is 0.191 e. The molecule has 1 saturated carbocycles. The Hall–Kier alpha value is -0.413. The Morgan fingerprint density at radius 3 is 2.38 bits per heavy atom. The van der Waals surface area contributed by atoms with Gasteiger partial charge >= 0.3 is 0 Å². The second-order valence-electron chi connectivity index (χ2n) is 9.73. The molecule has 2 nitrogen and oxygen atoms in total. The second kappa shape index (κ2) is 8.31. The van der Waals surface area contributed by atoms with Crippen LogP contribution in [0.15, 0.2) is 12.7 Å². The van der Waals surface area contributed by atoms with Gasteiger partial charge in [-0.05, 0) is 54.6 Å². The number of rotatable bonds is 7. The fourth-order valence-electron chi connectivity index (χ4n) is 3.67. The van der Waals surface area contributed by atoms with Gasteiger partial charge in [0.15, 0.2) is 8.32 Å². The quantitative estimate of drug-likeness (QED) is 0.409. The van der Waals surface area contributed by atoms with E-state index < -0.39 is 8.32 Å². The maximum absolute atomic E-state index is 12.2. The molecule has 1 aliphatic carbocycles. The first kappa shape index (κ1) is 21.6. The first-order valence-electron chi connectivity index (χ1n) is 9.68. The van der Waals surface area contributed by atoms with Crippen molar-refractivity contribution < 1.29 is 9.22 Å². The molecule has 0 N–H and O–H groups in total. The van der Waals surface area contributed by atoms with E-state index in [0.717, 1.165) is 25.9 Å². The Balaban J connectivity index is 2.92. The summed E-state index contributed by atoms with van der Waals surface area (Å²) in [7, 11) is -1.74. The van der Waals surface area contributed by atoms with Gasteiger partial charge in [-0.1, -0.05) is 47.6 Å². The lowest BCUT2D eigenvalue weighted by molar-refractivity contribution is -0.128. The Kier molecular flexibility index (Phi) is 7.49. The molecule has 1 rings (SSSR count). The average Bonchev–Trinajstić information content (AvgIpc) is 2.42. The summed E-state index contributed by atoms with van der Waals surface area (Å²) in [6.45, 7) is 23.0. The van der Waals surface area contributed by atoms with Gasteiger partial charge in [-0.2, -0.15) is 0 Å². The lowest BCUT2D eigenvalue weighted by Crippen LogP contribution is -2.45. The van der Waals surface area contributed by atoms with Crippen LogP contribution in [0.25, 0.3) is 0 Å². The standard InChI is InChI=1S/C21H40O2Si/c1-10-11-17-13-20(22)16(4)12-18(17)19(15(2)3)14-23-24(8,9)21(5,6)7/h10,15-19H,1,11-14H2,2-9H3/t16-,17+,18+,19+/m0/s1. The van der Waals surface area contributed by atoms with Crippen LogP contribution in [0.4, 0.5) is 0 Å². The average molecular weight is 353 g/mol. The van der Waals surface area contributed by atoms with Crippen LogP contribution in [0.5, 0.6) is 0 Å². The number of Topliss-reactive ketones (excluding diaryl/α,β-unsaturated/α-hetero) is 1. The number of hydrogen-bond donors (Lipinski definition) is 0. The van der Waals surface area contributed by atoms with Gasteiger partial charge in [0.05, 0.1) is 0 Å². The zero-order valence-electron chi connectivity index (χ0n) is 17.3. The van der Waals surface area contributed by atoms with Crippen molar-refractivity contribution >= 4 is 14.1 Å². The van der Waals surface area contributed by atoms with E-state index in [0.29, 0.717) is 29.5 Å². The molecule has 3 heteroatoms.